The van der Waals surface area contributed by atoms with Crippen LogP contribution in [0, 0.1) is 0 Å². The predicted molar refractivity (Wildman–Crippen MR) is 293 cm³/mol. The van der Waals surface area contributed by atoms with E-state index in [1.807, 2.05) is 26.1 Å². The Hall–Kier alpha value is -7.04. The van der Waals surface area contributed by atoms with Gasteiger partial charge >= 0.3 is 0 Å². The number of aromatic nitrogens is 3. The molecule has 348 valence electrons. The Kier molecular flexibility index (Phi) is 12.2. The standard InChI is InChI=1S/C65H67N3O/c1-40(2)47-36-56(42(5)6)62(69)57(37-47)63-67-61-52(22-18-24-60(61)68(63)51-29-30-53(55(39-51)41(3)4)54-21-16-17-23-58(54)65(10,11)12)48-33-49(35-50(34-48)64(7,8)9)59-38-46(31-32-66-59)45-27-25-44(26-28-45)43-19-14-13-15-20-43/h13-42,69H,1-12H3/i41D. The third kappa shape index (κ3) is 9.30. The fourth-order valence-electron chi connectivity index (χ4n) is 9.71. The first-order chi connectivity index (χ1) is 33.2. The first-order valence-electron chi connectivity index (χ1n) is 25.1. The van der Waals surface area contributed by atoms with E-state index in [4.69, 9.17) is 9.97 Å². The summed E-state index contributed by atoms with van der Waals surface area (Å²) in [5.41, 5.74) is 19.1. The maximum atomic E-state index is 12.4. The Balaban J connectivity index is 1.27. The second-order valence-electron chi connectivity index (χ2n) is 21.7. The first kappa shape index (κ1) is 45.7. The van der Waals surface area contributed by atoms with E-state index in [1.165, 1.54) is 22.3 Å². The van der Waals surface area contributed by atoms with Crippen LogP contribution in [0.2, 0.25) is 0 Å². The summed E-state index contributed by atoms with van der Waals surface area (Å²) < 4.78 is 11.8. The van der Waals surface area contributed by atoms with Crippen LogP contribution in [0.1, 0.15) is 130 Å². The predicted octanol–water partition coefficient (Wildman–Crippen LogP) is 18.1. The summed E-state index contributed by atoms with van der Waals surface area (Å²) in [6, 6.07) is 56.2. The molecule has 0 spiro atoms. The molecule has 0 aliphatic heterocycles. The van der Waals surface area contributed by atoms with Gasteiger partial charge in [-0.05, 0) is 144 Å². The van der Waals surface area contributed by atoms with Crippen molar-refractivity contribution in [2.75, 3.05) is 0 Å². The van der Waals surface area contributed by atoms with Gasteiger partial charge in [-0.2, -0.15) is 0 Å². The van der Waals surface area contributed by atoms with Gasteiger partial charge in [-0.1, -0.05) is 192 Å². The molecule has 69 heavy (non-hydrogen) atoms. The number of phenolic OH excluding ortho intramolecular Hbond substituents is 1. The highest BCUT2D eigenvalue weighted by molar-refractivity contribution is 5.97. The molecule has 0 amide bonds. The summed E-state index contributed by atoms with van der Waals surface area (Å²) in [7, 11) is 0. The fraction of sp³-hybridized carbons (Fsp3) is 0.262. The van der Waals surface area contributed by atoms with Crippen molar-refractivity contribution >= 4 is 11.0 Å². The molecular weight excluding hydrogens is 839 g/mol. The topological polar surface area (TPSA) is 50.9 Å². The summed E-state index contributed by atoms with van der Waals surface area (Å²) >= 11 is 0. The van der Waals surface area contributed by atoms with Gasteiger partial charge in [0.25, 0.3) is 0 Å². The molecular formula is C65H67N3O. The van der Waals surface area contributed by atoms with E-state index in [0.29, 0.717) is 11.4 Å². The second kappa shape index (κ2) is 18.5. The van der Waals surface area contributed by atoms with Crippen LogP contribution in [0.4, 0.5) is 0 Å². The van der Waals surface area contributed by atoms with Gasteiger partial charge in [-0.25, -0.2) is 4.98 Å². The molecule has 0 aliphatic rings. The number of hydrogen-bond acceptors (Lipinski definition) is 3. The van der Waals surface area contributed by atoms with Crippen LogP contribution in [-0.4, -0.2) is 19.6 Å². The van der Waals surface area contributed by atoms with E-state index in [2.05, 4.69) is 225 Å². The van der Waals surface area contributed by atoms with E-state index >= 15 is 0 Å². The number of benzene rings is 7. The van der Waals surface area contributed by atoms with Gasteiger partial charge in [-0.15, -0.1) is 0 Å². The largest absolute Gasteiger partial charge is 0.507 e. The average molecular weight is 907 g/mol. The normalized spacial score (nSPS) is 12.6. The first-order valence-corrected chi connectivity index (χ1v) is 24.6. The van der Waals surface area contributed by atoms with Crippen LogP contribution in [0.3, 0.4) is 0 Å². The molecule has 0 aliphatic carbocycles. The van der Waals surface area contributed by atoms with Crippen molar-refractivity contribution in [2.45, 2.75) is 112 Å². The zero-order valence-corrected chi connectivity index (χ0v) is 42.5. The highest BCUT2D eigenvalue weighted by Gasteiger charge is 2.26. The minimum Gasteiger partial charge on any atom is -0.507 e. The van der Waals surface area contributed by atoms with Crippen molar-refractivity contribution in [2.24, 2.45) is 0 Å². The number of fused-ring (bicyclic) bond motifs is 1. The molecule has 0 atom stereocenters. The molecule has 2 aromatic heterocycles. The van der Waals surface area contributed by atoms with E-state index in [-0.39, 0.29) is 28.4 Å². The summed E-state index contributed by atoms with van der Waals surface area (Å²) in [5.74, 6) is 0.266. The summed E-state index contributed by atoms with van der Waals surface area (Å²) in [6.07, 6.45) is 1.91. The number of pyridine rings is 1. The van der Waals surface area contributed by atoms with Crippen molar-refractivity contribution in [1.82, 2.24) is 14.5 Å². The number of aromatic hydroxyl groups is 1. The van der Waals surface area contributed by atoms with Crippen molar-refractivity contribution in [3.8, 4) is 78.6 Å². The molecule has 0 bridgehead atoms. The molecule has 2 heterocycles. The van der Waals surface area contributed by atoms with Crippen LogP contribution in [0.15, 0.2) is 164 Å². The SMILES string of the molecule is [2H]C(C)(C)c1cc(-n2c(-c3cc(C(C)C)cc(C(C)C)c3O)nc3c(-c4cc(-c5cc(-c6ccc(-c7ccccc7)cc6)ccn5)cc(C(C)(C)C)c4)cccc32)ccc1-c1ccccc1C(C)(C)C. The molecule has 9 rings (SSSR count). The van der Waals surface area contributed by atoms with Crippen LogP contribution < -0.4 is 0 Å². The van der Waals surface area contributed by atoms with Gasteiger partial charge in [0, 0.05) is 24.4 Å². The Morgan fingerprint density at radius 3 is 1.83 bits per heavy atom. The Labute approximate surface area is 412 Å². The molecule has 0 saturated carbocycles. The van der Waals surface area contributed by atoms with Crippen LogP contribution in [0.5, 0.6) is 5.75 Å². The van der Waals surface area contributed by atoms with E-state index < -0.39 is 5.89 Å². The molecule has 0 radical (unpaired) electrons. The minimum absolute atomic E-state index is 0.0862. The van der Waals surface area contributed by atoms with Gasteiger partial charge < -0.3 is 5.11 Å². The fourth-order valence-corrected chi connectivity index (χ4v) is 9.71. The number of imidazole rings is 1. The Morgan fingerprint density at radius 2 is 1.16 bits per heavy atom. The lowest BCUT2D eigenvalue weighted by Gasteiger charge is -2.25. The van der Waals surface area contributed by atoms with E-state index in [0.717, 1.165) is 78.0 Å². The maximum Gasteiger partial charge on any atom is 0.149 e. The molecule has 1 N–H and O–H groups in total. The Bertz CT molecular complexity index is 3370. The molecule has 0 fully saturated rings. The molecule has 4 heteroatoms. The zero-order valence-electron chi connectivity index (χ0n) is 43.5. The van der Waals surface area contributed by atoms with E-state index in [1.54, 1.807) is 0 Å². The van der Waals surface area contributed by atoms with Crippen LogP contribution >= 0.6 is 0 Å². The number of nitrogens with zero attached hydrogens (tertiary/aromatic N) is 3. The van der Waals surface area contributed by atoms with Gasteiger partial charge in [0.2, 0.25) is 0 Å². The highest BCUT2D eigenvalue weighted by atomic mass is 16.3. The lowest BCUT2D eigenvalue weighted by Crippen LogP contribution is -2.13. The van der Waals surface area contributed by atoms with E-state index in [9.17, 15) is 6.48 Å². The number of phenols is 1. The van der Waals surface area contributed by atoms with Gasteiger partial charge in [-0.3, -0.25) is 9.55 Å². The summed E-state index contributed by atoms with van der Waals surface area (Å²) in [6.45, 7) is 26.1. The minimum atomic E-state index is -0.941. The number of rotatable bonds is 10. The van der Waals surface area contributed by atoms with Crippen molar-refractivity contribution in [1.29, 1.82) is 0 Å². The molecule has 0 unspecified atom stereocenters. The quantitative estimate of drug-likeness (QED) is 0.149. The highest BCUT2D eigenvalue weighted by Crippen LogP contribution is 2.45. The summed E-state index contributed by atoms with van der Waals surface area (Å²) in [4.78, 5) is 10.6. The summed E-state index contributed by atoms with van der Waals surface area (Å²) in [5, 5.41) is 12.4. The zero-order chi connectivity index (χ0) is 49.9. The Morgan fingerprint density at radius 1 is 0.507 bits per heavy atom. The monoisotopic (exact) mass is 907 g/mol. The van der Waals surface area contributed by atoms with Crippen molar-refractivity contribution in [3.05, 3.63) is 192 Å². The average Bonchev–Trinajstić information content (AvgIpc) is 3.73. The van der Waals surface area contributed by atoms with Gasteiger partial charge in [0.05, 0.1) is 22.3 Å². The van der Waals surface area contributed by atoms with Crippen molar-refractivity contribution < 1.29 is 6.48 Å². The third-order valence-corrected chi connectivity index (χ3v) is 13.7. The number of para-hydroxylation sites is 1. The molecule has 7 aromatic carbocycles. The van der Waals surface area contributed by atoms with Crippen molar-refractivity contribution in [3.63, 3.8) is 0 Å². The lowest BCUT2D eigenvalue weighted by molar-refractivity contribution is 0.466. The molecule has 9 aromatic rings. The maximum absolute atomic E-state index is 12.4. The lowest BCUT2D eigenvalue weighted by atomic mass is 9.80. The third-order valence-electron chi connectivity index (χ3n) is 13.7. The second-order valence-corrected chi connectivity index (χ2v) is 21.7. The number of hydrogen-bond donors (Lipinski definition) is 1. The van der Waals surface area contributed by atoms with Gasteiger partial charge in [0.15, 0.2) is 0 Å². The van der Waals surface area contributed by atoms with Crippen LogP contribution in [0.25, 0.3) is 83.9 Å². The molecule has 4 nitrogen and oxygen atoms in total. The molecule has 0 saturated heterocycles. The van der Waals surface area contributed by atoms with Crippen LogP contribution in [-0.2, 0) is 10.8 Å². The van der Waals surface area contributed by atoms with Gasteiger partial charge in [0.1, 0.15) is 11.6 Å². The smallest absolute Gasteiger partial charge is 0.149 e.